The standard InChI is InChI=1S/C37H53N9O6/c38-27(18-24-10-3-1-4-11-24)32(48)45-29(15-9-17-42-35(40)41)33(49)46-30(22-37-19-26(20-37)21-37)34(50)44-28(31(39)47)14-7-8-16-43-36(51)52-23-25-12-5-2-6-13-25/h1-6,10-13,26-30H,7-9,14-23,38H2,(H2,39,47)(H,43,51)(H,44,50)(H,45,48)(H,46,49)(H4,40,41,42)/t26?,27-,28-,29+,30-,37?/m0/s1. The molecule has 52 heavy (non-hydrogen) atoms. The van der Waals surface area contributed by atoms with Crippen molar-refractivity contribution in [3.05, 3.63) is 71.8 Å². The molecule has 0 saturated heterocycles. The first-order chi connectivity index (χ1) is 24.9. The number of carbonyl (C=O) groups excluding carboxylic acids is 5. The molecule has 5 rings (SSSR count). The molecular formula is C37H53N9O6. The summed E-state index contributed by atoms with van der Waals surface area (Å²) in [7, 11) is 0. The van der Waals surface area contributed by atoms with E-state index in [1.807, 2.05) is 60.7 Å². The average Bonchev–Trinajstić information content (AvgIpc) is 3.08. The fourth-order valence-corrected chi connectivity index (χ4v) is 6.83. The molecular weight excluding hydrogens is 666 g/mol. The van der Waals surface area contributed by atoms with Crippen molar-refractivity contribution in [2.75, 3.05) is 13.1 Å². The number of primary amides is 1. The summed E-state index contributed by atoms with van der Waals surface area (Å²) in [6, 6.07) is 14.7. The first kappa shape index (κ1) is 39.6. The van der Waals surface area contributed by atoms with Crippen LogP contribution in [0.2, 0.25) is 0 Å². The summed E-state index contributed by atoms with van der Waals surface area (Å²) in [5.74, 6) is -1.77. The Morgan fingerprint density at radius 3 is 1.92 bits per heavy atom. The lowest BCUT2D eigenvalue weighted by molar-refractivity contribution is -0.143. The summed E-state index contributed by atoms with van der Waals surface area (Å²) >= 11 is 0. The summed E-state index contributed by atoms with van der Waals surface area (Å²) in [6.45, 7) is 0.687. The van der Waals surface area contributed by atoms with Gasteiger partial charge >= 0.3 is 6.09 Å². The molecule has 0 heterocycles. The number of hydrogen-bond acceptors (Lipinski definition) is 8. The van der Waals surface area contributed by atoms with Crippen molar-refractivity contribution >= 4 is 35.7 Å². The predicted octanol–water partition coefficient (Wildman–Crippen LogP) is 0.837. The SMILES string of the molecule is NC(=O)[C@H](CCCCNC(=O)OCc1ccccc1)NC(=O)[C@H](CC12CC(C1)C2)NC(=O)[C@@H](CCCN=C(N)N)NC(=O)[C@@H](N)Cc1ccccc1. The van der Waals surface area contributed by atoms with Gasteiger partial charge in [-0.05, 0) is 86.7 Å². The van der Waals surface area contributed by atoms with Crippen LogP contribution in [0.25, 0.3) is 0 Å². The third-order valence-electron chi connectivity index (χ3n) is 9.71. The van der Waals surface area contributed by atoms with Crippen molar-refractivity contribution < 1.29 is 28.7 Å². The van der Waals surface area contributed by atoms with Gasteiger partial charge in [0.15, 0.2) is 5.96 Å². The highest BCUT2D eigenvalue weighted by Gasteiger charge is 2.57. The molecule has 0 unspecified atom stereocenters. The van der Waals surface area contributed by atoms with E-state index in [-0.39, 0.29) is 43.8 Å². The number of carbonyl (C=O) groups is 5. The van der Waals surface area contributed by atoms with Crippen LogP contribution >= 0.6 is 0 Å². The normalized spacial score (nSPS) is 19.2. The van der Waals surface area contributed by atoms with Crippen molar-refractivity contribution in [3.63, 3.8) is 0 Å². The Kier molecular flexibility index (Phi) is 14.8. The van der Waals surface area contributed by atoms with Crippen molar-refractivity contribution in [1.29, 1.82) is 0 Å². The summed E-state index contributed by atoms with van der Waals surface area (Å²) in [4.78, 5) is 69.1. The Balaban J connectivity index is 1.33. The number of unbranched alkanes of at least 4 members (excludes halogenated alkanes) is 1. The van der Waals surface area contributed by atoms with Gasteiger partial charge in [-0.3, -0.25) is 24.2 Å². The van der Waals surface area contributed by atoms with Gasteiger partial charge < -0.3 is 48.9 Å². The lowest BCUT2D eigenvalue weighted by atomic mass is 9.43. The Hall–Kier alpha value is -5.18. The summed E-state index contributed by atoms with van der Waals surface area (Å²) in [5.41, 5.74) is 24.5. The summed E-state index contributed by atoms with van der Waals surface area (Å²) in [5, 5.41) is 11.0. The third-order valence-corrected chi connectivity index (χ3v) is 9.71. The number of guanidine groups is 1. The minimum Gasteiger partial charge on any atom is -0.445 e. The number of ether oxygens (including phenoxy) is 1. The molecule has 15 nitrogen and oxygen atoms in total. The van der Waals surface area contributed by atoms with E-state index in [9.17, 15) is 24.0 Å². The summed E-state index contributed by atoms with van der Waals surface area (Å²) < 4.78 is 5.21. The van der Waals surface area contributed by atoms with Gasteiger partial charge in [-0.1, -0.05) is 60.7 Å². The fourth-order valence-electron chi connectivity index (χ4n) is 6.83. The minimum absolute atomic E-state index is 0.0485. The van der Waals surface area contributed by atoms with Crippen LogP contribution in [0, 0.1) is 11.3 Å². The van der Waals surface area contributed by atoms with E-state index in [1.165, 1.54) is 0 Å². The monoisotopic (exact) mass is 719 g/mol. The smallest absolute Gasteiger partial charge is 0.407 e. The maximum absolute atomic E-state index is 13.8. The topological polar surface area (TPSA) is 259 Å². The molecule has 3 aliphatic rings. The molecule has 282 valence electrons. The molecule has 3 aliphatic carbocycles. The predicted molar refractivity (Wildman–Crippen MR) is 196 cm³/mol. The molecule has 3 fully saturated rings. The zero-order valence-corrected chi connectivity index (χ0v) is 29.6. The summed E-state index contributed by atoms with van der Waals surface area (Å²) in [6.07, 6.45) is 4.80. The first-order valence-corrected chi connectivity index (χ1v) is 17.9. The van der Waals surface area contributed by atoms with Crippen LogP contribution in [0.15, 0.2) is 65.7 Å². The number of alkyl carbamates (subject to hydrolysis) is 1. The molecule has 0 spiro atoms. The van der Waals surface area contributed by atoms with Crippen molar-refractivity contribution in [3.8, 4) is 0 Å². The van der Waals surface area contributed by atoms with Gasteiger partial charge in [0.1, 0.15) is 24.7 Å². The second-order valence-electron chi connectivity index (χ2n) is 14.0. The van der Waals surface area contributed by atoms with E-state index in [0.29, 0.717) is 38.1 Å². The third kappa shape index (κ3) is 12.5. The fraction of sp³-hybridized carbons (Fsp3) is 0.514. The zero-order chi connectivity index (χ0) is 37.5. The number of hydrogen-bond donors (Lipinski definition) is 8. The van der Waals surface area contributed by atoms with E-state index in [1.54, 1.807) is 0 Å². The number of aliphatic imine (C=N–C) groups is 1. The number of nitrogens with zero attached hydrogens (tertiary/aromatic N) is 1. The molecule has 2 aromatic carbocycles. The largest absolute Gasteiger partial charge is 0.445 e. The molecule has 12 N–H and O–H groups in total. The van der Waals surface area contributed by atoms with E-state index in [4.69, 9.17) is 27.7 Å². The van der Waals surface area contributed by atoms with E-state index >= 15 is 0 Å². The van der Waals surface area contributed by atoms with Crippen LogP contribution in [0.5, 0.6) is 0 Å². The number of nitrogens with one attached hydrogen (secondary N) is 4. The number of rotatable bonds is 22. The van der Waals surface area contributed by atoms with Crippen LogP contribution in [0.3, 0.4) is 0 Å². The Morgan fingerprint density at radius 1 is 0.750 bits per heavy atom. The van der Waals surface area contributed by atoms with E-state index < -0.39 is 53.9 Å². The molecule has 0 aromatic heterocycles. The maximum Gasteiger partial charge on any atom is 0.407 e. The Labute approximate surface area is 304 Å². The molecule has 5 amide bonds. The van der Waals surface area contributed by atoms with Crippen molar-refractivity contribution in [2.45, 2.75) is 95.0 Å². The van der Waals surface area contributed by atoms with E-state index in [0.717, 1.165) is 30.4 Å². The molecule has 15 heteroatoms. The highest BCUT2D eigenvalue weighted by Crippen LogP contribution is 2.66. The molecule has 2 aromatic rings. The maximum atomic E-state index is 13.8. The average molecular weight is 720 g/mol. The molecule has 2 bridgehead atoms. The first-order valence-electron chi connectivity index (χ1n) is 17.9. The minimum atomic E-state index is -1.02. The molecule has 0 radical (unpaired) electrons. The van der Waals surface area contributed by atoms with E-state index in [2.05, 4.69) is 26.3 Å². The number of benzene rings is 2. The van der Waals surface area contributed by atoms with Gasteiger partial charge in [-0.2, -0.15) is 0 Å². The molecule has 4 atom stereocenters. The van der Waals surface area contributed by atoms with Gasteiger partial charge in [0.25, 0.3) is 0 Å². The van der Waals surface area contributed by atoms with Gasteiger partial charge in [-0.25, -0.2) is 4.79 Å². The number of amides is 5. The highest BCUT2D eigenvalue weighted by atomic mass is 16.5. The lowest BCUT2D eigenvalue weighted by Crippen LogP contribution is -2.61. The molecule has 3 saturated carbocycles. The second-order valence-corrected chi connectivity index (χ2v) is 14.0. The van der Waals surface area contributed by atoms with Crippen LogP contribution in [0.1, 0.15) is 68.9 Å². The molecule has 0 aliphatic heterocycles. The Bertz CT molecular complexity index is 1520. The van der Waals surface area contributed by atoms with Crippen molar-refractivity contribution in [1.82, 2.24) is 21.3 Å². The second kappa shape index (κ2) is 19.4. The van der Waals surface area contributed by atoms with Crippen LogP contribution in [-0.2, 0) is 36.9 Å². The van der Waals surface area contributed by atoms with Crippen LogP contribution in [0.4, 0.5) is 4.79 Å². The van der Waals surface area contributed by atoms with Gasteiger partial charge in [0.2, 0.25) is 23.6 Å². The van der Waals surface area contributed by atoms with Gasteiger partial charge in [-0.15, -0.1) is 0 Å². The lowest BCUT2D eigenvalue weighted by Gasteiger charge is -2.63. The van der Waals surface area contributed by atoms with Crippen molar-refractivity contribution in [2.24, 2.45) is 39.3 Å². The van der Waals surface area contributed by atoms with Gasteiger partial charge in [0.05, 0.1) is 6.04 Å². The number of nitrogens with two attached hydrogens (primary N) is 4. The van der Waals surface area contributed by atoms with Crippen LogP contribution < -0.4 is 44.2 Å². The highest BCUT2D eigenvalue weighted by molar-refractivity contribution is 5.94. The van der Waals surface area contributed by atoms with Crippen LogP contribution in [-0.4, -0.2) is 72.9 Å². The zero-order valence-electron chi connectivity index (χ0n) is 29.6. The Morgan fingerprint density at radius 2 is 1.33 bits per heavy atom. The quantitative estimate of drug-likeness (QED) is 0.0486. The van der Waals surface area contributed by atoms with Gasteiger partial charge in [0, 0.05) is 13.1 Å².